The quantitative estimate of drug-likeness (QED) is 0.771. The Kier molecular flexibility index (Phi) is 3.36. The molecular weight excluding hydrogens is 180 g/mol. The van der Waals surface area contributed by atoms with E-state index >= 15 is 0 Å². The van der Waals surface area contributed by atoms with Crippen LogP contribution in [0.1, 0.15) is 16.7 Å². The number of aryl methyl sites for hydroxylation is 1. The highest BCUT2D eigenvalue weighted by atomic mass is 16.5. The minimum atomic E-state index is 0.0418. The summed E-state index contributed by atoms with van der Waals surface area (Å²) in [7, 11) is 1.58. The van der Waals surface area contributed by atoms with E-state index in [0.29, 0.717) is 12.2 Å². The molecule has 0 heterocycles. The SMILES string of the molecule is COc1cc(C)c(CCO)c(O)c1C. The first-order chi connectivity index (χ1) is 6.61. The Hall–Kier alpha value is -1.22. The number of aliphatic hydroxyl groups is 1. The summed E-state index contributed by atoms with van der Waals surface area (Å²) in [5.41, 5.74) is 2.46. The molecule has 78 valence electrons. The molecule has 0 amide bonds. The van der Waals surface area contributed by atoms with Gasteiger partial charge in [-0.3, -0.25) is 0 Å². The van der Waals surface area contributed by atoms with E-state index in [1.165, 1.54) is 0 Å². The Morgan fingerprint density at radius 2 is 2.00 bits per heavy atom. The average molecular weight is 196 g/mol. The average Bonchev–Trinajstić information content (AvgIpc) is 2.18. The predicted molar refractivity (Wildman–Crippen MR) is 54.9 cm³/mol. The van der Waals surface area contributed by atoms with Crippen molar-refractivity contribution in [3.63, 3.8) is 0 Å². The van der Waals surface area contributed by atoms with Gasteiger partial charge in [-0.25, -0.2) is 0 Å². The molecule has 0 saturated heterocycles. The minimum absolute atomic E-state index is 0.0418. The van der Waals surface area contributed by atoms with Gasteiger partial charge in [0.05, 0.1) is 7.11 Å². The summed E-state index contributed by atoms with van der Waals surface area (Å²) in [6, 6.07) is 1.88. The molecule has 0 atom stereocenters. The minimum Gasteiger partial charge on any atom is -0.507 e. The number of benzene rings is 1. The van der Waals surface area contributed by atoms with Gasteiger partial charge in [0.1, 0.15) is 11.5 Å². The van der Waals surface area contributed by atoms with Crippen molar-refractivity contribution in [1.29, 1.82) is 0 Å². The second-order valence-electron chi connectivity index (χ2n) is 3.32. The van der Waals surface area contributed by atoms with Crippen LogP contribution in [-0.4, -0.2) is 23.9 Å². The van der Waals surface area contributed by atoms with E-state index in [-0.39, 0.29) is 12.4 Å². The molecule has 1 rings (SSSR count). The molecule has 0 bridgehead atoms. The number of aromatic hydroxyl groups is 1. The molecule has 0 aliphatic carbocycles. The summed E-state index contributed by atoms with van der Waals surface area (Å²) >= 11 is 0. The summed E-state index contributed by atoms with van der Waals surface area (Å²) in [6.07, 6.45) is 0.475. The van der Waals surface area contributed by atoms with Crippen LogP contribution < -0.4 is 4.74 Å². The first-order valence-electron chi connectivity index (χ1n) is 4.58. The van der Waals surface area contributed by atoms with E-state index < -0.39 is 0 Å². The van der Waals surface area contributed by atoms with E-state index in [2.05, 4.69) is 0 Å². The summed E-state index contributed by atoms with van der Waals surface area (Å²) in [5, 5.41) is 18.7. The number of phenolic OH excluding ortho intramolecular Hbond substituents is 1. The van der Waals surface area contributed by atoms with Gasteiger partial charge in [0.15, 0.2) is 0 Å². The smallest absolute Gasteiger partial charge is 0.125 e. The number of ether oxygens (including phenoxy) is 1. The maximum atomic E-state index is 9.83. The van der Waals surface area contributed by atoms with Gasteiger partial charge in [-0.1, -0.05) is 0 Å². The van der Waals surface area contributed by atoms with Crippen molar-refractivity contribution >= 4 is 0 Å². The Morgan fingerprint density at radius 1 is 1.36 bits per heavy atom. The zero-order chi connectivity index (χ0) is 10.7. The molecule has 1 aromatic carbocycles. The van der Waals surface area contributed by atoms with E-state index in [9.17, 15) is 5.11 Å². The fourth-order valence-corrected chi connectivity index (χ4v) is 1.56. The van der Waals surface area contributed by atoms with Gasteiger partial charge < -0.3 is 14.9 Å². The monoisotopic (exact) mass is 196 g/mol. The van der Waals surface area contributed by atoms with Gasteiger partial charge in [0.2, 0.25) is 0 Å². The maximum Gasteiger partial charge on any atom is 0.125 e. The second-order valence-corrected chi connectivity index (χ2v) is 3.32. The van der Waals surface area contributed by atoms with Gasteiger partial charge in [-0.15, -0.1) is 0 Å². The molecule has 0 spiro atoms. The number of rotatable bonds is 3. The highest BCUT2D eigenvalue weighted by molar-refractivity contribution is 5.52. The van der Waals surface area contributed by atoms with E-state index in [1.807, 2.05) is 13.0 Å². The molecule has 2 N–H and O–H groups in total. The van der Waals surface area contributed by atoms with Crippen LogP contribution in [-0.2, 0) is 6.42 Å². The number of hydrogen-bond donors (Lipinski definition) is 2. The van der Waals surface area contributed by atoms with Crippen molar-refractivity contribution in [3.8, 4) is 11.5 Å². The van der Waals surface area contributed by atoms with Crippen molar-refractivity contribution in [2.75, 3.05) is 13.7 Å². The Morgan fingerprint density at radius 3 is 2.50 bits per heavy atom. The molecule has 0 saturated carbocycles. The molecule has 14 heavy (non-hydrogen) atoms. The third kappa shape index (κ3) is 1.82. The van der Waals surface area contributed by atoms with Crippen molar-refractivity contribution in [2.24, 2.45) is 0 Å². The van der Waals surface area contributed by atoms with Crippen molar-refractivity contribution < 1.29 is 14.9 Å². The molecule has 0 unspecified atom stereocenters. The molecule has 3 nitrogen and oxygen atoms in total. The summed E-state index contributed by atoms with van der Waals surface area (Å²) < 4.78 is 5.12. The lowest BCUT2D eigenvalue weighted by molar-refractivity contribution is 0.296. The predicted octanol–water partition coefficient (Wildman–Crippen LogP) is 1.55. The third-order valence-corrected chi connectivity index (χ3v) is 2.42. The second kappa shape index (κ2) is 4.33. The lowest BCUT2D eigenvalue weighted by Crippen LogP contribution is -1.98. The van der Waals surface area contributed by atoms with Crippen LogP contribution in [0, 0.1) is 13.8 Å². The Balaban J connectivity index is 3.26. The summed E-state index contributed by atoms with van der Waals surface area (Å²) in [6.45, 7) is 3.74. The lowest BCUT2D eigenvalue weighted by Gasteiger charge is -2.13. The molecule has 0 radical (unpaired) electrons. The number of phenols is 1. The molecular formula is C11H16O3. The summed E-state index contributed by atoms with van der Waals surface area (Å²) in [4.78, 5) is 0. The largest absolute Gasteiger partial charge is 0.507 e. The van der Waals surface area contributed by atoms with Crippen LogP contribution in [0.25, 0.3) is 0 Å². The first kappa shape index (κ1) is 10.9. The van der Waals surface area contributed by atoms with E-state index in [0.717, 1.165) is 16.7 Å². The highest BCUT2D eigenvalue weighted by Crippen LogP contribution is 2.33. The van der Waals surface area contributed by atoms with Crippen LogP contribution in [0.15, 0.2) is 6.07 Å². The molecule has 0 fully saturated rings. The zero-order valence-corrected chi connectivity index (χ0v) is 8.79. The zero-order valence-electron chi connectivity index (χ0n) is 8.79. The van der Waals surface area contributed by atoms with E-state index in [4.69, 9.17) is 9.84 Å². The number of aliphatic hydroxyl groups excluding tert-OH is 1. The molecule has 1 aromatic rings. The van der Waals surface area contributed by atoms with Gasteiger partial charge >= 0.3 is 0 Å². The Bertz CT molecular complexity index is 332. The summed E-state index contributed by atoms with van der Waals surface area (Å²) in [5.74, 6) is 0.914. The van der Waals surface area contributed by atoms with Gasteiger partial charge in [-0.05, 0) is 37.5 Å². The highest BCUT2D eigenvalue weighted by Gasteiger charge is 2.12. The normalized spacial score (nSPS) is 10.3. The topological polar surface area (TPSA) is 49.7 Å². The van der Waals surface area contributed by atoms with Crippen molar-refractivity contribution in [1.82, 2.24) is 0 Å². The number of methoxy groups -OCH3 is 1. The van der Waals surface area contributed by atoms with Gasteiger partial charge in [-0.2, -0.15) is 0 Å². The van der Waals surface area contributed by atoms with Crippen LogP contribution in [0.3, 0.4) is 0 Å². The number of hydrogen-bond acceptors (Lipinski definition) is 3. The Labute approximate surface area is 84.0 Å². The fourth-order valence-electron chi connectivity index (χ4n) is 1.56. The molecule has 0 aliphatic heterocycles. The van der Waals surface area contributed by atoms with Crippen LogP contribution >= 0.6 is 0 Å². The van der Waals surface area contributed by atoms with Crippen LogP contribution in [0.2, 0.25) is 0 Å². The molecule has 0 aromatic heterocycles. The van der Waals surface area contributed by atoms with Gasteiger partial charge in [0.25, 0.3) is 0 Å². The van der Waals surface area contributed by atoms with Crippen molar-refractivity contribution in [2.45, 2.75) is 20.3 Å². The first-order valence-corrected chi connectivity index (χ1v) is 4.58. The standard InChI is InChI=1S/C11H16O3/c1-7-6-10(14-3)8(2)11(13)9(7)4-5-12/h6,12-13H,4-5H2,1-3H3. The molecule has 3 heteroatoms. The van der Waals surface area contributed by atoms with Crippen LogP contribution in [0.4, 0.5) is 0 Å². The molecule has 0 aliphatic rings. The van der Waals surface area contributed by atoms with E-state index in [1.54, 1.807) is 14.0 Å². The fraction of sp³-hybridized carbons (Fsp3) is 0.455. The third-order valence-electron chi connectivity index (χ3n) is 2.42. The van der Waals surface area contributed by atoms with Crippen molar-refractivity contribution in [3.05, 3.63) is 22.8 Å². The van der Waals surface area contributed by atoms with Gasteiger partial charge in [0, 0.05) is 12.2 Å². The maximum absolute atomic E-state index is 9.83. The lowest BCUT2D eigenvalue weighted by atomic mass is 10.0. The van der Waals surface area contributed by atoms with Crippen LogP contribution in [0.5, 0.6) is 11.5 Å².